The normalized spacial score (nSPS) is 27.2. The third-order valence-electron chi connectivity index (χ3n) is 4.11. The SMILES string of the molecule is C1CCN(CCCNCC2CCCNC2)CC1. The Morgan fingerprint density at radius 2 is 2.00 bits per heavy atom. The Morgan fingerprint density at radius 3 is 2.76 bits per heavy atom. The average molecular weight is 239 g/mol. The second-order valence-electron chi connectivity index (χ2n) is 5.67. The van der Waals surface area contributed by atoms with Gasteiger partial charge in [0.25, 0.3) is 0 Å². The summed E-state index contributed by atoms with van der Waals surface area (Å²) in [6.45, 7) is 8.85. The van der Waals surface area contributed by atoms with Crippen LogP contribution < -0.4 is 10.6 Å². The molecular formula is C14H29N3. The number of piperidine rings is 2. The Balaban J connectivity index is 1.42. The maximum absolute atomic E-state index is 3.63. The standard InChI is InChI=1S/C14H29N3/c1-2-9-17(10-3-1)11-5-8-16-13-14-6-4-7-15-12-14/h14-16H,1-13H2. The first-order chi connectivity index (χ1) is 8.45. The first-order valence-electron chi connectivity index (χ1n) is 7.59. The molecule has 0 bridgehead atoms. The van der Waals surface area contributed by atoms with Gasteiger partial charge in [0.2, 0.25) is 0 Å². The molecular weight excluding hydrogens is 210 g/mol. The highest BCUT2D eigenvalue weighted by atomic mass is 15.1. The van der Waals surface area contributed by atoms with Gasteiger partial charge in [-0.05, 0) is 83.8 Å². The minimum Gasteiger partial charge on any atom is -0.316 e. The van der Waals surface area contributed by atoms with Gasteiger partial charge in [0, 0.05) is 0 Å². The minimum atomic E-state index is 0.874. The number of hydrogen-bond acceptors (Lipinski definition) is 3. The lowest BCUT2D eigenvalue weighted by molar-refractivity contribution is 0.225. The molecule has 1 atom stereocenters. The second-order valence-corrected chi connectivity index (χ2v) is 5.67. The molecule has 2 saturated heterocycles. The van der Waals surface area contributed by atoms with Crippen LogP contribution in [0.15, 0.2) is 0 Å². The summed E-state index contributed by atoms with van der Waals surface area (Å²) in [5.41, 5.74) is 0. The molecule has 0 aromatic carbocycles. The molecule has 1 unspecified atom stereocenters. The minimum absolute atomic E-state index is 0.874. The summed E-state index contributed by atoms with van der Waals surface area (Å²) in [5.74, 6) is 0.874. The molecule has 0 aliphatic carbocycles. The van der Waals surface area contributed by atoms with Crippen molar-refractivity contribution in [2.75, 3.05) is 45.8 Å². The molecule has 0 radical (unpaired) electrons. The van der Waals surface area contributed by atoms with Gasteiger partial charge < -0.3 is 15.5 Å². The molecule has 0 aromatic heterocycles. The van der Waals surface area contributed by atoms with Crippen molar-refractivity contribution >= 4 is 0 Å². The molecule has 2 aliphatic heterocycles. The Hall–Kier alpha value is -0.120. The van der Waals surface area contributed by atoms with Gasteiger partial charge in [-0.2, -0.15) is 0 Å². The van der Waals surface area contributed by atoms with Crippen LogP contribution in [-0.2, 0) is 0 Å². The first-order valence-corrected chi connectivity index (χ1v) is 7.59. The van der Waals surface area contributed by atoms with E-state index < -0.39 is 0 Å². The van der Waals surface area contributed by atoms with Gasteiger partial charge in [-0.25, -0.2) is 0 Å². The number of nitrogens with zero attached hydrogens (tertiary/aromatic N) is 1. The Kier molecular flexibility index (Phi) is 6.32. The highest BCUT2D eigenvalue weighted by molar-refractivity contribution is 4.71. The molecule has 0 aromatic rings. The van der Waals surface area contributed by atoms with Crippen molar-refractivity contribution in [3.05, 3.63) is 0 Å². The quantitative estimate of drug-likeness (QED) is 0.687. The van der Waals surface area contributed by atoms with E-state index in [1.54, 1.807) is 0 Å². The Bertz CT molecular complexity index is 164. The Labute approximate surface area is 106 Å². The molecule has 2 N–H and O–H groups in total. The topological polar surface area (TPSA) is 27.3 Å². The van der Waals surface area contributed by atoms with Crippen LogP contribution in [0, 0.1) is 5.92 Å². The number of nitrogens with one attached hydrogen (secondary N) is 2. The van der Waals surface area contributed by atoms with E-state index in [4.69, 9.17) is 0 Å². The van der Waals surface area contributed by atoms with E-state index >= 15 is 0 Å². The summed E-state index contributed by atoms with van der Waals surface area (Å²) in [4.78, 5) is 2.63. The van der Waals surface area contributed by atoms with Crippen LogP contribution in [0.25, 0.3) is 0 Å². The predicted molar refractivity (Wildman–Crippen MR) is 73.4 cm³/mol. The number of rotatable bonds is 6. The fourth-order valence-corrected chi connectivity index (χ4v) is 3.02. The second kappa shape index (κ2) is 8.06. The molecule has 2 heterocycles. The predicted octanol–water partition coefficient (Wildman–Crippen LogP) is 1.45. The highest BCUT2D eigenvalue weighted by Crippen LogP contribution is 2.09. The van der Waals surface area contributed by atoms with Gasteiger partial charge in [-0.1, -0.05) is 6.42 Å². The maximum atomic E-state index is 3.63. The van der Waals surface area contributed by atoms with Crippen LogP contribution in [0.5, 0.6) is 0 Å². The van der Waals surface area contributed by atoms with E-state index in [9.17, 15) is 0 Å². The summed E-state index contributed by atoms with van der Waals surface area (Å²) >= 11 is 0. The first kappa shape index (κ1) is 13.3. The molecule has 0 amide bonds. The van der Waals surface area contributed by atoms with E-state index in [2.05, 4.69) is 15.5 Å². The fraction of sp³-hybridized carbons (Fsp3) is 1.00. The van der Waals surface area contributed by atoms with E-state index in [-0.39, 0.29) is 0 Å². The van der Waals surface area contributed by atoms with Crippen molar-refractivity contribution in [3.8, 4) is 0 Å². The molecule has 2 aliphatic rings. The van der Waals surface area contributed by atoms with Crippen molar-refractivity contribution in [1.29, 1.82) is 0 Å². The zero-order valence-electron chi connectivity index (χ0n) is 11.2. The van der Waals surface area contributed by atoms with Crippen LogP contribution in [0.2, 0.25) is 0 Å². The van der Waals surface area contributed by atoms with Crippen LogP contribution in [0.1, 0.15) is 38.5 Å². The van der Waals surface area contributed by atoms with Crippen LogP contribution in [0.3, 0.4) is 0 Å². The number of likely N-dealkylation sites (tertiary alicyclic amines) is 1. The molecule has 2 rings (SSSR count). The smallest absolute Gasteiger partial charge is 0.000664 e. The lowest BCUT2D eigenvalue weighted by Crippen LogP contribution is -2.37. The third kappa shape index (κ3) is 5.36. The monoisotopic (exact) mass is 239 g/mol. The summed E-state index contributed by atoms with van der Waals surface area (Å²) in [5, 5.41) is 7.11. The summed E-state index contributed by atoms with van der Waals surface area (Å²) < 4.78 is 0. The molecule has 100 valence electrons. The van der Waals surface area contributed by atoms with Crippen molar-refractivity contribution in [1.82, 2.24) is 15.5 Å². The van der Waals surface area contributed by atoms with Crippen molar-refractivity contribution in [3.63, 3.8) is 0 Å². The average Bonchev–Trinajstić information content (AvgIpc) is 2.41. The number of hydrogen-bond donors (Lipinski definition) is 2. The molecule has 0 saturated carbocycles. The molecule has 3 nitrogen and oxygen atoms in total. The lowest BCUT2D eigenvalue weighted by atomic mass is 10.00. The fourth-order valence-electron chi connectivity index (χ4n) is 3.02. The van der Waals surface area contributed by atoms with Gasteiger partial charge in [0.1, 0.15) is 0 Å². The third-order valence-corrected chi connectivity index (χ3v) is 4.11. The lowest BCUT2D eigenvalue weighted by Gasteiger charge is -2.26. The molecule has 17 heavy (non-hydrogen) atoms. The highest BCUT2D eigenvalue weighted by Gasteiger charge is 2.12. The van der Waals surface area contributed by atoms with Crippen molar-refractivity contribution in [2.24, 2.45) is 5.92 Å². The van der Waals surface area contributed by atoms with Gasteiger partial charge in [-0.15, -0.1) is 0 Å². The van der Waals surface area contributed by atoms with E-state index in [1.165, 1.54) is 84.3 Å². The van der Waals surface area contributed by atoms with Gasteiger partial charge in [-0.3, -0.25) is 0 Å². The van der Waals surface area contributed by atoms with E-state index in [0.29, 0.717) is 0 Å². The van der Waals surface area contributed by atoms with E-state index in [0.717, 1.165) is 5.92 Å². The maximum Gasteiger partial charge on any atom is -0.000664 e. The van der Waals surface area contributed by atoms with Gasteiger partial charge in [0.05, 0.1) is 0 Å². The summed E-state index contributed by atoms with van der Waals surface area (Å²) in [6, 6.07) is 0. The van der Waals surface area contributed by atoms with Crippen molar-refractivity contribution < 1.29 is 0 Å². The summed E-state index contributed by atoms with van der Waals surface area (Å²) in [6.07, 6.45) is 8.37. The van der Waals surface area contributed by atoms with Gasteiger partial charge in [0.15, 0.2) is 0 Å². The zero-order valence-corrected chi connectivity index (χ0v) is 11.2. The summed E-state index contributed by atoms with van der Waals surface area (Å²) in [7, 11) is 0. The Morgan fingerprint density at radius 1 is 1.12 bits per heavy atom. The van der Waals surface area contributed by atoms with Crippen molar-refractivity contribution in [2.45, 2.75) is 38.5 Å². The largest absolute Gasteiger partial charge is 0.316 e. The zero-order chi connectivity index (χ0) is 11.8. The molecule has 2 fully saturated rings. The van der Waals surface area contributed by atoms with Crippen LogP contribution >= 0.6 is 0 Å². The van der Waals surface area contributed by atoms with Crippen LogP contribution in [-0.4, -0.2) is 50.7 Å². The van der Waals surface area contributed by atoms with Crippen LogP contribution in [0.4, 0.5) is 0 Å². The van der Waals surface area contributed by atoms with E-state index in [1.807, 2.05) is 0 Å². The molecule has 3 heteroatoms. The van der Waals surface area contributed by atoms with Gasteiger partial charge >= 0.3 is 0 Å². The molecule has 0 spiro atoms.